The van der Waals surface area contributed by atoms with Crippen molar-refractivity contribution < 1.29 is 14.3 Å². The molecule has 0 saturated carbocycles. The third-order valence-corrected chi connectivity index (χ3v) is 5.36. The molecule has 2 amide bonds. The molecule has 6 heteroatoms. The van der Waals surface area contributed by atoms with Gasteiger partial charge in [0.05, 0.1) is 12.1 Å². The summed E-state index contributed by atoms with van der Waals surface area (Å²) in [5.41, 5.74) is 1.56. The van der Waals surface area contributed by atoms with Gasteiger partial charge in [0.25, 0.3) is 0 Å². The Kier molecular flexibility index (Phi) is 5.91. The number of carbonyl (C=O) groups excluding carboxylic acids is 1. The lowest BCUT2D eigenvalue weighted by Gasteiger charge is -2.31. The van der Waals surface area contributed by atoms with Crippen LogP contribution in [0.2, 0.25) is 0 Å². The monoisotopic (exact) mass is 349 g/mol. The number of halogens is 1. The second-order valence-electron chi connectivity index (χ2n) is 7.39. The Bertz CT molecular complexity index is 602. The number of hydrogen-bond acceptors (Lipinski definition) is 3. The van der Waals surface area contributed by atoms with E-state index in [0.29, 0.717) is 24.9 Å². The van der Waals surface area contributed by atoms with Gasteiger partial charge in [-0.05, 0) is 61.9 Å². The van der Waals surface area contributed by atoms with E-state index in [-0.39, 0.29) is 24.4 Å². The highest BCUT2D eigenvalue weighted by Gasteiger charge is 2.26. The minimum atomic E-state index is -0.576. The Balaban J connectivity index is 1.41. The number of fused-ring (bicyclic) bond motifs is 1. The zero-order valence-electron chi connectivity index (χ0n) is 14.8. The van der Waals surface area contributed by atoms with Gasteiger partial charge in [0, 0.05) is 13.1 Å². The van der Waals surface area contributed by atoms with Crippen LogP contribution < -0.4 is 10.6 Å². The van der Waals surface area contributed by atoms with E-state index < -0.39 is 6.10 Å². The number of likely N-dealkylation sites (tertiary alicyclic amines) is 1. The number of hydrogen-bond donors (Lipinski definition) is 3. The number of amides is 2. The molecular formula is C19H28FN3O2. The number of rotatable bonds is 5. The molecule has 2 unspecified atom stereocenters. The van der Waals surface area contributed by atoms with Gasteiger partial charge in [-0.2, -0.15) is 0 Å². The summed E-state index contributed by atoms with van der Waals surface area (Å²) in [6, 6.07) is 4.52. The third kappa shape index (κ3) is 4.70. The van der Waals surface area contributed by atoms with E-state index in [1.807, 2.05) is 6.07 Å². The molecule has 3 rings (SSSR count). The van der Waals surface area contributed by atoms with Crippen molar-refractivity contribution >= 4 is 6.03 Å². The maximum Gasteiger partial charge on any atom is 0.315 e. The minimum Gasteiger partial charge on any atom is -0.390 e. The van der Waals surface area contributed by atoms with Gasteiger partial charge in [0.2, 0.25) is 0 Å². The highest BCUT2D eigenvalue weighted by molar-refractivity contribution is 5.74. The maximum absolute atomic E-state index is 13.7. The fourth-order valence-corrected chi connectivity index (χ4v) is 3.79. The zero-order chi connectivity index (χ0) is 17.8. The number of urea groups is 1. The van der Waals surface area contributed by atoms with Gasteiger partial charge >= 0.3 is 6.03 Å². The average molecular weight is 349 g/mol. The van der Waals surface area contributed by atoms with E-state index in [1.165, 1.54) is 6.07 Å². The number of aliphatic hydroxyl groups excluding tert-OH is 1. The quantitative estimate of drug-likeness (QED) is 0.764. The SMILES string of the molecule is CC1CCN(CC(O)CNC(=O)NC2CCc3c(F)cccc32)CC1. The van der Waals surface area contributed by atoms with Gasteiger partial charge in [0.1, 0.15) is 5.82 Å². The first-order valence-corrected chi connectivity index (χ1v) is 9.25. The fraction of sp³-hybridized carbons (Fsp3) is 0.632. The first kappa shape index (κ1) is 18.1. The summed E-state index contributed by atoms with van der Waals surface area (Å²) in [6.45, 7) is 5.08. The van der Waals surface area contributed by atoms with E-state index in [4.69, 9.17) is 0 Å². The maximum atomic E-state index is 13.7. The van der Waals surface area contributed by atoms with Gasteiger partial charge in [-0.25, -0.2) is 9.18 Å². The molecule has 0 bridgehead atoms. The standard InChI is InChI=1S/C19H28FN3O2/c1-13-7-9-23(10-8-13)12-14(24)11-21-19(25)22-18-6-5-15-16(18)3-2-4-17(15)20/h2-4,13-14,18,24H,5-12H2,1H3,(H2,21,22,25). The van der Waals surface area contributed by atoms with E-state index in [1.54, 1.807) is 6.07 Å². The molecule has 138 valence electrons. The molecule has 1 saturated heterocycles. The summed E-state index contributed by atoms with van der Waals surface area (Å²) in [7, 11) is 0. The lowest BCUT2D eigenvalue weighted by atomic mass is 9.99. The van der Waals surface area contributed by atoms with Crippen LogP contribution in [0.5, 0.6) is 0 Å². The molecule has 0 spiro atoms. The number of β-amino-alcohol motifs (C(OH)–C–C–N with tert-alkyl or cyclic N) is 1. The lowest BCUT2D eigenvalue weighted by Crippen LogP contribution is -2.45. The topological polar surface area (TPSA) is 64.6 Å². The summed E-state index contributed by atoms with van der Waals surface area (Å²) in [5, 5.41) is 15.8. The van der Waals surface area contributed by atoms with Crippen LogP contribution in [0, 0.1) is 11.7 Å². The van der Waals surface area contributed by atoms with E-state index in [9.17, 15) is 14.3 Å². The Morgan fingerprint density at radius 3 is 2.88 bits per heavy atom. The van der Waals surface area contributed by atoms with Crippen LogP contribution in [-0.4, -0.2) is 48.3 Å². The van der Waals surface area contributed by atoms with E-state index in [0.717, 1.165) is 37.4 Å². The summed E-state index contributed by atoms with van der Waals surface area (Å²) in [6.07, 6.45) is 3.10. The fourth-order valence-electron chi connectivity index (χ4n) is 3.79. The van der Waals surface area contributed by atoms with Gasteiger partial charge in [-0.3, -0.25) is 0 Å². The molecule has 0 radical (unpaired) electrons. The van der Waals surface area contributed by atoms with E-state index >= 15 is 0 Å². The second kappa shape index (κ2) is 8.15. The van der Waals surface area contributed by atoms with Gasteiger partial charge in [-0.15, -0.1) is 0 Å². The van der Waals surface area contributed by atoms with Crippen molar-refractivity contribution in [3.05, 3.63) is 35.1 Å². The Hall–Kier alpha value is -1.66. The first-order valence-electron chi connectivity index (χ1n) is 9.25. The highest BCUT2D eigenvalue weighted by atomic mass is 19.1. The summed E-state index contributed by atoms with van der Waals surface area (Å²) < 4.78 is 13.7. The number of nitrogens with one attached hydrogen (secondary N) is 2. The lowest BCUT2D eigenvalue weighted by molar-refractivity contribution is 0.0919. The molecule has 0 aromatic heterocycles. The summed E-state index contributed by atoms with van der Waals surface area (Å²) in [5.74, 6) is 0.560. The van der Waals surface area contributed by atoms with Crippen LogP contribution in [0.1, 0.15) is 43.4 Å². The Morgan fingerprint density at radius 1 is 1.36 bits per heavy atom. The molecule has 1 aromatic rings. The van der Waals surface area contributed by atoms with Crippen LogP contribution in [0.3, 0.4) is 0 Å². The predicted octanol–water partition coefficient (Wildman–Crippen LogP) is 2.21. The Labute approximate surface area is 148 Å². The molecule has 1 heterocycles. The van der Waals surface area contributed by atoms with Crippen molar-refractivity contribution in [2.75, 3.05) is 26.2 Å². The number of aliphatic hydroxyl groups is 1. The molecule has 1 aromatic carbocycles. The van der Waals surface area contributed by atoms with E-state index in [2.05, 4.69) is 22.5 Å². The van der Waals surface area contributed by atoms with Crippen molar-refractivity contribution in [1.82, 2.24) is 15.5 Å². The molecular weight excluding hydrogens is 321 g/mol. The van der Waals surface area contributed by atoms with Crippen LogP contribution in [0.4, 0.5) is 9.18 Å². The molecule has 25 heavy (non-hydrogen) atoms. The molecule has 2 aliphatic rings. The number of nitrogens with zero attached hydrogens (tertiary/aromatic N) is 1. The molecule has 3 N–H and O–H groups in total. The third-order valence-electron chi connectivity index (χ3n) is 5.36. The number of carbonyl (C=O) groups is 1. The van der Waals surface area contributed by atoms with Crippen LogP contribution in [-0.2, 0) is 6.42 Å². The smallest absolute Gasteiger partial charge is 0.315 e. The van der Waals surface area contributed by atoms with Crippen LogP contribution >= 0.6 is 0 Å². The molecule has 1 fully saturated rings. The average Bonchev–Trinajstić information content (AvgIpc) is 3.00. The van der Waals surface area contributed by atoms with Gasteiger partial charge in [0.15, 0.2) is 0 Å². The second-order valence-corrected chi connectivity index (χ2v) is 7.39. The summed E-state index contributed by atoms with van der Waals surface area (Å²) >= 11 is 0. The van der Waals surface area contributed by atoms with Crippen molar-refractivity contribution in [2.45, 2.75) is 44.8 Å². The normalized spacial score (nSPS) is 22.4. The minimum absolute atomic E-state index is 0.161. The molecule has 2 atom stereocenters. The highest BCUT2D eigenvalue weighted by Crippen LogP contribution is 2.32. The number of piperidine rings is 1. The van der Waals surface area contributed by atoms with Crippen LogP contribution in [0.15, 0.2) is 18.2 Å². The van der Waals surface area contributed by atoms with Crippen LogP contribution in [0.25, 0.3) is 0 Å². The molecule has 5 nitrogen and oxygen atoms in total. The van der Waals surface area contributed by atoms with Crippen molar-refractivity contribution in [2.24, 2.45) is 5.92 Å². The molecule has 1 aliphatic heterocycles. The Morgan fingerprint density at radius 2 is 2.12 bits per heavy atom. The van der Waals surface area contributed by atoms with Crippen molar-refractivity contribution in [3.63, 3.8) is 0 Å². The predicted molar refractivity (Wildman–Crippen MR) is 94.8 cm³/mol. The van der Waals surface area contributed by atoms with Crippen molar-refractivity contribution in [3.8, 4) is 0 Å². The summed E-state index contributed by atoms with van der Waals surface area (Å²) in [4.78, 5) is 14.3. The zero-order valence-corrected chi connectivity index (χ0v) is 14.8. The van der Waals surface area contributed by atoms with Gasteiger partial charge < -0.3 is 20.6 Å². The number of benzene rings is 1. The first-order chi connectivity index (χ1) is 12.0. The van der Waals surface area contributed by atoms with Gasteiger partial charge in [-0.1, -0.05) is 19.1 Å². The molecule has 1 aliphatic carbocycles. The largest absolute Gasteiger partial charge is 0.390 e. The van der Waals surface area contributed by atoms with Crippen molar-refractivity contribution in [1.29, 1.82) is 0 Å².